The Morgan fingerprint density at radius 2 is 1.00 bits per heavy atom. The van der Waals surface area contributed by atoms with Crippen LogP contribution >= 0.6 is 24.8 Å². The van der Waals surface area contributed by atoms with E-state index in [4.69, 9.17) is 0 Å². The van der Waals surface area contributed by atoms with Crippen LogP contribution in [0, 0.1) is 27.0 Å². The van der Waals surface area contributed by atoms with Crippen molar-refractivity contribution in [3.63, 3.8) is 0 Å². The average Bonchev–Trinajstić information content (AvgIpc) is 3.19. The van der Waals surface area contributed by atoms with Crippen LogP contribution in [0.1, 0.15) is 52.4 Å². The molecule has 0 aromatic carbocycles. The van der Waals surface area contributed by atoms with Crippen molar-refractivity contribution in [3.05, 3.63) is 60.7 Å². The van der Waals surface area contributed by atoms with E-state index in [9.17, 15) is 0 Å². The quantitative estimate of drug-likeness (QED) is 0.235. The molecule has 0 unspecified atom stereocenters. The predicted molar refractivity (Wildman–Crippen MR) is 151 cm³/mol. The molecule has 0 saturated carbocycles. The first-order chi connectivity index (χ1) is 12.1. The third-order valence-electron chi connectivity index (χ3n) is 4.67. The van der Waals surface area contributed by atoms with Gasteiger partial charge < -0.3 is 14.9 Å². The molecule has 0 heterocycles. The molecule has 0 spiro atoms. The number of rotatable bonds is 6. The van der Waals surface area contributed by atoms with Crippen LogP contribution in [-0.2, 0) is 19.2 Å². The zero-order valence-corrected chi connectivity index (χ0v) is 28.0. The second-order valence-corrected chi connectivity index (χ2v) is 19.4. The summed E-state index contributed by atoms with van der Waals surface area (Å²) in [7, 11) is -0.173. The van der Waals surface area contributed by atoms with Gasteiger partial charge in [-0.1, -0.05) is 78.8 Å². The van der Waals surface area contributed by atoms with Gasteiger partial charge in [-0.15, -0.1) is 37.7 Å². The van der Waals surface area contributed by atoms with Crippen LogP contribution in [0.3, 0.4) is 0 Å². The summed E-state index contributed by atoms with van der Waals surface area (Å²) in [6.45, 7) is 18.9. The Bertz CT molecular complexity index is 516. The van der Waals surface area contributed by atoms with Crippen molar-refractivity contribution in [2.45, 2.75) is 91.7 Å². The van der Waals surface area contributed by atoms with E-state index in [1.54, 1.807) is 10.4 Å². The van der Waals surface area contributed by atoms with Crippen molar-refractivity contribution in [1.29, 1.82) is 0 Å². The molecule has 0 amide bonds. The minimum absolute atomic E-state index is 0. The second kappa shape index (κ2) is 20.5. The molecule has 0 nitrogen and oxygen atoms in total. The van der Waals surface area contributed by atoms with E-state index >= 15 is 0 Å². The van der Waals surface area contributed by atoms with E-state index in [0.29, 0.717) is 0 Å². The molecule has 178 valence electrons. The van der Waals surface area contributed by atoms with Crippen molar-refractivity contribution in [2.75, 3.05) is 0 Å². The Labute approximate surface area is 218 Å². The number of hydrogen-bond acceptors (Lipinski definition) is 0. The summed E-state index contributed by atoms with van der Waals surface area (Å²) >= 11 is 2.03. The van der Waals surface area contributed by atoms with Gasteiger partial charge in [0.1, 0.15) is 0 Å². The molecule has 0 atom stereocenters. The van der Waals surface area contributed by atoms with Gasteiger partial charge in [0, 0.05) is 0 Å². The monoisotopic (exact) mass is 538 g/mol. The van der Waals surface area contributed by atoms with Crippen LogP contribution in [0.2, 0.25) is 39.3 Å². The van der Waals surface area contributed by atoms with E-state index in [1.807, 2.05) is 26.8 Å². The molecule has 0 saturated heterocycles. The fourth-order valence-corrected chi connectivity index (χ4v) is 5.32. The van der Waals surface area contributed by atoms with Gasteiger partial charge in [-0.2, -0.15) is 10.4 Å². The molecule has 0 aliphatic heterocycles. The summed E-state index contributed by atoms with van der Waals surface area (Å²) in [6, 6.07) is 0. The summed E-state index contributed by atoms with van der Waals surface area (Å²) in [6.07, 6.45) is 18.9. The molecule has 0 radical (unpaired) electrons. The predicted octanol–water partition coefficient (Wildman–Crippen LogP) is 8.27. The molecular formula is C24H48Cl2Si3Ti-4. The number of hydrogen-bond donors (Lipinski definition) is 0. The molecule has 0 fully saturated rings. The minimum atomic E-state index is -1.02. The van der Waals surface area contributed by atoms with Gasteiger partial charge in [-0.3, -0.25) is 12.2 Å². The first kappa shape index (κ1) is 41.2. The summed E-state index contributed by atoms with van der Waals surface area (Å²) in [4.78, 5) is 0. The Morgan fingerprint density at radius 1 is 0.733 bits per heavy atom. The maximum absolute atomic E-state index is 3.47. The van der Waals surface area contributed by atoms with Gasteiger partial charge in [-0.05, 0) is 0 Å². The molecule has 0 aromatic heterocycles. The van der Waals surface area contributed by atoms with E-state index in [2.05, 4.69) is 77.4 Å². The van der Waals surface area contributed by atoms with Crippen molar-refractivity contribution < 1.29 is 19.2 Å². The zero-order valence-electron chi connectivity index (χ0n) is 21.4. The summed E-state index contributed by atoms with van der Waals surface area (Å²) < 4.78 is 0. The molecular weight excluding hydrogens is 491 g/mol. The Hall–Kier alpha value is 0.905. The van der Waals surface area contributed by atoms with Crippen LogP contribution in [0.4, 0.5) is 0 Å². The van der Waals surface area contributed by atoms with Crippen molar-refractivity contribution in [1.82, 2.24) is 0 Å². The van der Waals surface area contributed by atoms with Crippen LogP contribution in [-0.4, -0.2) is 23.8 Å². The summed E-state index contributed by atoms with van der Waals surface area (Å²) in [5.74, 6) is 0. The normalized spacial score (nSPS) is 14.2. The molecule has 2 aliphatic rings. The third kappa shape index (κ3) is 16.5. The van der Waals surface area contributed by atoms with Crippen LogP contribution in [0.15, 0.2) is 33.7 Å². The number of halogens is 2. The van der Waals surface area contributed by atoms with Gasteiger partial charge in [0.05, 0.1) is 16.1 Å². The fraction of sp³-hybridized carbons (Fsp3) is 0.583. The Morgan fingerprint density at radius 3 is 1.17 bits per heavy atom. The van der Waals surface area contributed by atoms with E-state index in [0.717, 1.165) is 12.8 Å². The summed E-state index contributed by atoms with van der Waals surface area (Å²) in [5.41, 5.74) is 2.91. The molecule has 0 N–H and O–H groups in total. The van der Waals surface area contributed by atoms with Gasteiger partial charge in [0.25, 0.3) is 0 Å². The first-order valence-electron chi connectivity index (χ1n) is 10.0. The average molecular weight is 540 g/mol. The fourth-order valence-electron chi connectivity index (χ4n) is 2.87. The molecule has 6 heteroatoms. The van der Waals surface area contributed by atoms with Gasteiger partial charge in [0.15, 0.2) is 0 Å². The van der Waals surface area contributed by atoms with Crippen LogP contribution < -0.4 is 0 Å². The van der Waals surface area contributed by atoms with Crippen LogP contribution in [0.5, 0.6) is 0 Å². The third-order valence-corrected chi connectivity index (χ3v) is 9.17. The maximum atomic E-state index is 3.47. The standard InChI is InChI=1S/2C11H19Si.2CH3.2ClH.H2Si.Ti/c2*1-5-6-10-7-8-11(9-10)12(2,3)4;;;;;;/h2*9H,5-6,8H2,1-4H3;2*1H3;2*1H;1H2;/q4*-1;;;;. The van der Waals surface area contributed by atoms with E-state index in [1.165, 1.54) is 36.8 Å². The zero-order chi connectivity index (χ0) is 20.4. The SMILES string of the molecule is CCCC1=[C-]CC([Si](C)(C)C)=C1.CCCC1=[C-]CC([Si](C)(C)C)=C1.Cl.Cl.[CH3-].[CH3-].[SiH2]=[Ti]. The van der Waals surface area contributed by atoms with Crippen LogP contribution in [0.25, 0.3) is 0 Å². The molecule has 0 bridgehead atoms. The van der Waals surface area contributed by atoms with E-state index < -0.39 is 16.1 Å². The number of allylic oxidation sites excluding steroid dienone is 8. The molecule has 30 heavy (non-hydrogen) atoms. The Balaban J connectivity index is -0.000000114. The van der Waals surface area contributed by atoms with Gasteiger partial charge >= 0.3 is 26.8 Å². The van der Waals surface area contributed by atoms with Crippen molar-refractivity contribution in [2.24, 2.45) is 0 Å². The summed E-state index contributed by atoms with van der Waals surface area (Å²) in [5, 5.41) is 3.34. The van der Waals surface area contributed by atoms with E-state index in [-0.39, 0.29) is 39.7 Å². The molecule has 0 aromatic rings. The Kier molecular flexibility index (Phi) is 28.2. The molecule has 2 rings (SSSR count). The first-order valence-corrected chi connectivity index (χ1v) is 21.1. The molecule has 2 aliphatic carbocycles. The van der Waals surface area contributed by atoms with Crippen molar-refractivity contribution in [3.8, 4) is 0 Å². The van der Waals surface area contributed by atoms with Gasteiger partial charge in [0.2, 0.25) is 0 Å². The topological polar surface area (TPSA) is 0 Å². The van der Waals surface area contributed by atoms with Crippen molar-refractivity contribution >= 4 is 48.6 Å². The van der Waals surface area contributed by atoms with Gasteiger partial charge in [-0.25, -0.2) is 23.3 Å². The second-order valence-electron chi connectivity index (χ2n) is 9.10.